The van der Waals surface area contributed by atoms with Crippen molar-refractivity contribution in [2.45, 2.75) is 6.18 Å². The summed E-state index contributed by atoms with van der Waals surface area (Å²) >= 11 is 16.8. The number of halogens is 7. The van der Waals surface area contributed by atoms with Crippen LogP contribution in [0.15, 0.2) is 42.5 Å². The van der Waals surface area contributed by atoms with Gasteiger partial charge < -0.3 is 9.47 Å². The first-order chi connectivity index (χ1) is 13.6. The lowest BCUT2D eigenvalue weighted by Crippen LogP contribution is -2.09. The van der Waals surface area contributed by atoms with Crippen molar-refractivity contribution in [1.82, 2.24) is 0 Å². The highest BCUT2D eigenvalue weighted by Crippen LogP contribution is 2.44. The number of hydrogen-bond donors (Lipinski definition) is 0. The summed E-state index contributed by atoms with van der Waals surface area (Å²) in [5.74, 6) is -1.52. The van der Waals surface area contributed by atoms with Gasteiger partial charge in [0, 0.05) is 0 Å². The fourth-order valence-corrected chi connectivity index (χ4v) is 3.08. The summed E-state index contributed by atoms with van der Waals surface area (Å²) in [5, 5.41) is -0.622. The Morgan fingerprint density at radius 3 is 2.14 bits per heavy atom. The number of carbonyl (C=O) groups is 1. The van der Waals surface area contributed by atoms with Crippen molar-refractivity contribution in [2.24, 2.45) is 0 Å². The predicted octanol–water partition coefficient (Wildman–Crippen LogP) is 7.24. The topological polar surface area (TPSA) is 35.5 Å². The smallest absolute Gasteiger partial charge is 0.419 e. The number of rotatable bonds is 5. The zero-order chi connectivity index (χ0) is 21.3. The van der Waals surface area contributed by atoms with Crippen LogP contribution < -0.4 is 9.47 Å². The lowest BCUT2D eigenvalue weighted by Gasteiger charge is -2.15. The zero-order valence-electron chi connectivity index (χ0n) is 14.1. The molecule has 0 saturated carbocycles. The molecule has 29 heavy (non-hydrogen) atoms. The summed E-state index contributed by atoms with van der Waals surface area (Å²) in [6, 6.07) is 9.98. The summed E-state index contributed by atoms with van der Waals surface area (Å²) in [7, 11) is 0. The normalized spacial score (nSPS) is 11.6. The second-order valence-electron chi connectivity index (χ2n) is 5.78. The van der Waals surface area contributed by atoms with Crippen molar-refractivity contribution < 1.29 is 31.8 Å². The van der Waals surface area contributed by atoms with E-state index in [9.17, 15) is 22.4 Å². The number of carbonyl (C=O) groups excluding carboxylic acids is 1. The van der Waals surface area contributed by atoms with Crippen molar-refractivity contribution >= 4 is 50.8 Å². The first-order valence-electron chi connectivity index (χ1n) is 7.84. The number of hydrogen-bond acceptors (Lipinski definition) is 3. The Morgan fingerprint density at radius 1 is 0.966 bits per heavy atom. The van der Waals surface area contributed by atoms with Crippen LogP contribution >= 0.6 is 34.8 Å². The van der Waals surface area contributed by atoms with Crippen molar-refractivity contribution in [3.63, 3.8) is 0 Å². The van der Waals surface area contributed by atoms with E-state index in [2.05, 4.69) is 0 Å². The second kappa shape index (κ2) is 8.26. The van der Waals surface area contributed by atoms with Crippen LogP contribution in [0.2, 0.25) is 10.0 Å². The second-order valence-corrected chi connectivity index (χ2v) is 6.98. The van der Waals surface area contributed by atoms with Crippen molar-refractivity contribution in [3.05, 3.63) is 63.9 Å². The van der Waals surface area contributed by atoms with Gasteiger partial charge in [-0.2, -0.15) is 13.2 Å². The van der Waals surface area contributed by atoms with Crippen LogP contribution in [-0.4, -0.2) is 11.8 Å². The third kappa shape index (κ3) is 4.86. The maximum atomic E-state index is 14.0. The molecule has 0 spiro atoms. The molecule has 3 nitrogen and oxygen atoms in total. The molecule has 0 amide bonds. The van der Waals surface area contributed by atoms with E-state index >= 15 is 0 Å². The van der Waals surface area contributed by atoms with Gasteiger partial charge in [0.05, 0.1) is 10.6 Å². The predicted molar refractivity (Wildman–Crippen MR) is 102 cm³/mol. The number of alkyl halides is 3. The van der Waals surface area contributed by atoms with E-state index in [-0.39, 0.29) is 12.4 Å². The Hall–Kier alpha value is -2.22. The maximum Gasteiger partial charge on any atom is 0.419 e. The van der Waals surface area contributed by atoms with Crippen LogP contribution in [0, 0.1) is 5.82 Å². The molecule has 0 radical (unpaired) electrons. The highest BCUT2D eigenvalue weighted by molar-refractivity contribution is 6.63. The van der Waals surface area contributed by atoms with Gasteiger partial charge in [0.15, 0.2) is 18.2 Å². The van der Waals surface area contributed by atoms with Gasteiger partial charge in [0.1, 0.15) is 16.5 Å². The van der Waals surface area contributed by atoms with Crippen LogP contribution in [-0.2, 0) is 11.0 Å². The maximum absolute atomic E-state index is 14.0. The van der Waals surface area contributed by atoms with Gasteiger partial charge in [-0.1, -0.05) is 35.3 Å². The fourth-order valence-electron chi connectivity index (χ4n) is 2.49. The van der Waals surface area contributed by atoms with Crippen LogP contribution in [0.1, 0.15) is 5.56 Å². The fraction of sp³-hybridized carbons (Fsp3) is 0.105. The third-order valence-corrected chi connectivity index (χ3v) is 4.50. The van der Waals surface area contributed by atoms with Crippen LogP contribution in [0.4, 0.5) is 17.6 Å². The average molecular weight is 468 g/mol. The summed E-state index contributed by atoms with van der Waals surface area (Å²) < 4.78 is 63.2. The largest absolute Gasteiger partial charge is 0.484 e. The monoisotopic (exact) mass is 466 g/mol. The van der Waals surface area contributed by atoms with E-state index in [4.69, 9.17) is 44.3 Å². The minimum atomic E-state index is -4.95. The Labute approximate surface area is 176 Å². The Kier molecular flexibility index (Phi) is 6.12. The van der Waals surface area contributed by atoms with Crippen LogP contribution in [0.3, 0.4) is 0 Å². The van der Waals surface area contributed by atoms with Gasteiger partial charge in [-0.25, -0.2) is 4.39 Å². The number of ether oxygens (including phenoxy) is 2. The van der Waals surface area contributed by atoms with Gasteiger partial charge in [-0.3, -0.25) is 4.79 Å². The Bertz CT molecular complexity index is 1100. The Balaban J connectivity index is 1.91. The molecular weight excluding hydrogens is 459 g/mol. The molecule has 0 aliphatic carbocycles. The average Bonchev–Trinajstić information content (AvgIpc) is 2.65. The van der Waals surface area contributed by atoms with E-state index in [0.29, 0.717) is 22.6 Å². The first kappa shape index (κ1) is 21.5. The molecule has 0 aromatic heterocycles. The highest BCUT2D eigenvalue weighted by Gasteiger charge is 2.37. The van der Waals surface area contributed by atoms with E-state index in [1.807, 2.05) is 0 Å². The summed E-state index contributed by atoms with van der Waals surface area (Å²) in [4.78, 5) is 10.8. The van der Waals surface area contributed by atoms with Crippen molar-refractivity contribution in [1.29, 1.82) is 0 Å². The van der Waals surface area contributed by atoms with Crippen LogP contribution in [0.25, 0.3) is 10.8 Å². The molecular formula is C19H9Cl3F4O3. The molecule has 0 N–H and O–H groups in total. The highest BCUT2D eigenvalue weighted by atomic mass is 35.5. The van der Waals surface area contributed by atoms with Crippen molar-refractivity contribution in [3.8, 4) is 17.2 Å². The SMILES string of the molecule is O=C(Cl)COc1ccc2cc(Oc3c(Cl)cc(C(F)(F)F)c(F)c3Cl)ccc2c1. The van der Waals surface area contributed by atoms with Gasteiger partial charge in [-0.15, -0.1) is 0 Å². The van der Waals surface area contributed by atoms with Gasteiger partial charge in [0.2, 0.25) is 0 Å². The summed E-state index contributed by atoms with van der Waals surface area (Å²) in [6.45, 7) is -0.287. The van der Waals surface area contributed by atoms with Gasteiger partial charge in [-0.05, 0) is 52.7 Å². The van der Waals surface area contributed by atoms with Gasteiger partial charge in [0.25, 0.3) is 5.24 Å². The van der Waals surface area contributed by atoms with E-state index in [1.165, 1.54) is 6.07 Å². The first-order valence-corrected chi connectivity index (χ1v) is 8.97. The molecule has 3 aromatic rings. The molecule has 3 aromatic carbocycles. The molecule has 0 heterocycles. The lowest BCUT2D eigenvalue weighted by molar-refractivity contribution is -0.140. The molecule has 152 valence electrons. The standard InChI is InChI=1S/C19H9Cl3F4O3/c20-14-7-13(19(24,25)26)17(23)16(22)18(14)29-12-4-2-9-5-11(28-8-15(21)27)3-1-10(9)6-12/h1-7H,8H2. The van der Waals surface area contributed by atoms with Crippen LogP contribution in [0.5, 0.6) is 17.2 Å². The molecule has 10 heteroatoms. The molecule has 0 aliphatic rings. The number of benzene rings is 3. The number of fused-ring (bicyclic) bond motifs is 1. The molecule has 0 bridgehead atoms. The molecule has 0 fully saturated rings. The minimum Gasteiger partial charge on any atom is -0.484 e. The summed E-state index contributed by atoms with van der Waals surface area (Å²) in [6.07, 6.45) is -4.95. The Morgan fingerprint density at radius 2 is 1.55 bits per heavy atom. The minimum absolute atomic E-state index is 0.171. The van der Waals surface area contributed by atoms with E-state index in [1.54, 1.807) is 30.3 Å². The van der Waals surface area contributed by atoms with E-state index < -0.39 is 38.6 Å². The quantitative estimate of drug-likeness (QED) is 0.225. The van der Waals surface area contributed by atoms with Gasteiger partial charge >= 0.3 is 6.18 Å². The third-order valence-electron chi connectivity index (χ3n) is 3.78. The van der Waals surface area contributed by atoms with E-state index in [0.717, 1.165) is 0 Å². The molecule has 3 rings (SSSR count). The van der Waals surface area contributed by atoms with Crippen molar-refractivity contribution in [2.75, 3.05) is 6.61 Å². The molecule has 0 aliphatic heterocycles. The molecule has 0 unspecified atom stereocenters. The molecule has 0 atom stereocenters. The molecule has 0 saturated heterocycles. The lowest BCUT2D eigenvalue weighted by atomic mass is 10.1. The summed E-state index contributed by atoms with van der Waals surface area (Å²) in [5.41, 5.74) is -1.58. The zero-order valence-corrected chi connectivity index (χ0v) is 16.4.